The van der Waals surface area contributed by atoms with Crippen LogP contribution in [0.1, 0.15) is 29.8 Å². The van der Waals surface area contributed by atoms with Crippen molar-refractivity contribution in [2.75, 3.05) is 20.8 Å². The van der Waals surface area contributed by atoms with E-state index in [1.54, 1.807) is 42.5 Å². The summed E-state index contributed by atoms with van der Waals surface area (Å²) in [4.78, 5) is 28.2. The van der Waals surface area contributed by atoms with Crippen LogP contribution >= 0.6 is 0 Å². The largest absolute Gasteiger partial charge is 0.493 e. The van der Waals surface area contributed by atoms with Gasteiger partial charge in [0.25, 0.3) is 5.91 Å². The molecule has 0 heterocycles. The number of carboxylic acid groups (broad SMARTS) is 1. The maximum Gasteiger partial charge on any atom is 0.339 e. The van der Waals surface area contributed by atoms with E-state index in [0.29, 0.717) is 29.6 Å². The molecule has 29 heavy (non-hydrogen) atoms. The number of carboxylic acids is 1. The molecule has 0 atom stereocenters. The second-order valence-electron chi connectivity index (χ2n) is 6.69. The minimum absolute atomic E-state index is 0.00379. The van der Waals surface area contributed by atoms with Crippen molar-refractivity contribution in [3.05, 3.63) is 59.7 Å². The normalized spacial score (nSPS) is 10.9. The molecule has 0 aliphatic rings. The molecule has 0 saturated carbocycles. The number of hydrogen-bond donors (Lipinski definition) is 1. The average Bonchev–Trinajstić information content (AvgIpc) is 2.70. The summed E-state index contributed by atoms with van der Waals surface area (Å²) in [5.74, 6) is 0.0125. The van der Waals surface area contributed by atoms with Crippen molar-refractivity contribution in [3.8, 4) is 17.2 Å². The highest BCUT2D eigenvalue weighted by atomic mass is 16.7. The molecule has 7 nitrogen and oxygen atoms in total. The zero-order valence-electron chi connectivity index (χ0n) is 16.9. The molecule has 2 aromatic rings. The molecule has 154 valence electrons. The summed E-state index contributed by atoms with van der Waals surface area (Å²) < 4.78 is 11.4. The van der Waals surface area contributed by atoms with E-state index in [4.69, 9.17) is 14.3 Å². The Labute approximate surface area is 170 Å². The third-order valence-electron chi connectivity index (χ3n) is 3.85. The van der Waals surface area contributed by atoms with Crippen LogP contribution in [-0.4, -0.2) is 42.8 Å². The van der Waals surface area contributed by atoms with Gasteiger partial charge >= 0.3 is 5.97 Å². The van der Waals surface area contributed by atoms with Gasteiger partial charge in [0.15, 0.2) is 0 Å². The van der Waals surface area contributed by atoms with Gasteiger partial charge in [0.05, 0.1) is 13.7 Å². The number of likely N-dealkylation sites (N-methyl/N-ethyl adjacent to an activating group) is 1. The number of carbonyl (C=O) groups is 2. The summed E-state index contributed by atoms with van der Waals surface area (Å²) in [6, 6.07) is 11.6. The SMILES string of the molecule is CON(C)C(=O)C=Cc1cccc(Oc2ccc(OCC(C)C)cc2C(=O)O)c1. The zero-order valence-corrected chi connectivity index (χ0v) is 16.9. The quantitative estimate of drug-likeness (QED) is 0.501. The number of hydrogen-bond acceptors (Lipinski definition) is 5. The van der Waals surface area contributed by atoms with Gasteiger partial charge in [0.2, 0.25) is 0 Å². The van der Waals surface area contributed by atoms with Gasteiger partial charge in [-0.25, -0.2) is 9.86 Å². The van der Waals surface area contributed by atoms with Crippen LogP contribution in [0.5, 0.6) is 17.2 Å². The molecule has 0 bridgehead atoms. The van der Waals surface area contributed by atoms with Crippen LogP contribution in [0.4, 0.5) is 0 Å². The number of benzene rings is 2. The predicted molar refractivity (Wildman–Crippen MR) is 109 cm³/mol. The highest BCUT2D eigenvalue weighted by Crippen LogP contribution is 2.29. The van der Waals surface area contributed by atoms with Gasteiger partial charge < -0.3 is 14.6 Å². The molecule has 2 rings (SSSR count). The highest BCUT2D eigenvalue weighted by molar-refractivity contribution is 5.92. The Morgan fingerprint density at radius 3 is 2.55 bits per heavy atom. The first kappa shape index (κ1) is 22.0. The molecular formula is C22H25NO6. The first-order chi connectivity index (χ1) is 13.8. The molecule has 0 saturated heterocycles. The molecule has 2 aromatic carbocycles. The van der Waals surface area contributed by atoms with Crippen LogP contribution in [0, 0.1) is 5.92 Å². The Kier molecular flexibility index (Phi) is 7.79. The Morgan fingerprint density at radius 2 is 1.90 bits per heavy atom. The van der Waals surface area contributed by atoms with Crippen molar-refractivity contribution in [2.24, 2.45) is 5.92 Å². The van der Waals surface area contributed by atoms with E-state index in [1.165, 1.54) is 26.3 Å². The zero-order chi connectivity index (χ0) is 21.4. The summed E-state index contributed by atoms with van der Waals surface area (Å²) in [6.45, 7) is 4.51. The van der Waals surface area contributed by atoms with E-state index in [9.17, 15) is 14.7 Å². The molecule has 0 aliphatic carbocycles. The minimum atomic E-state index is -1.11. The van der Waals surface area contributed by atoms with Gasteiger partial charge in [0.1, 0.15) is 22.8 Å². The fourth-order valence-corrected chi connectivity index (χ4v) is 2.29. The number of nitrogens with zero attached hydrogens (tertiary/aromatic N) is 1. The van der Waals surface area contributed by atoms with E-state index in [-0.39, 0.29) is 17.2 Å². The smallest absolute Gasteiger partial charge is 0.339 e. The van der Waals surface area contributed by atoms with Crippen LogP contribution < -0.4 is 9.47 Å². The van der Waals surface area contributed by atoms with E-state index in [1.807, 2.05) is 13.8 Å². The Balaban J connectivity index is 2.19. The van der Waals surface area contributed by atoms with Gasteiger partial charge in [-0.1, -0.05) is 26.0 Å². The first-order valence-corrected chi connectivity index (χ1v) is 9.08. The second kappa shape index (κ2) is 10.3. The molecule has 0 radical (unpaired) electrons. The topological polar surface area (TPSA) is 85.3 Å². The van der Waals surface area contributed by atoms with Crippen molar-refractivity contribution >= 4 is 18.0 Å². The predicted octanol–water partition coefficient (Wildman–Crippen LogP) is 4.24. The fourth-order valence-electron chi connectivity index (χ4n) is 2.29. The van der Waals surface area contributed by atoms with Crippen LogP contribution in [0.15, 0.2) is 48.5 Å². The number of rotatable bonds is 9. The van der Waals surface area contributed by atoms with Crippen LogP contribution in [0.2, 0.25) is 0 Å². The fraction of sp³-hybridized carbons (Fsp3) is 0.273. The van der Waals surface area contributed by atoms with E-state index in [0.717, 1.165) is 5.06 Å². The standard InChI is InChI=1S/C22H25NO6/c1-15(2)14-28-17-9-10-20(19(13-17)22(25)26)29-18-7-5-6-16(12-18)8-11-21(24)23(3)27-4/h5-13,15H,14H2,1-4H3,(H,25,26). The van der Waals surface area contributed by atoms with Crippen molar-refractivity contribution in [1.29, 1.82) is 0 Å². The second-order valence-corrected chi connectivity index (χ2v) is 6.69. The molecule has 0 aliphatic heterocycles. The lowest BCUT2D eigenvalue weighted by atomic mass is 10.1. The Hall–Kier alpha value is -3.32. The molecule has 7 heteroatoms. The van der Waals surface area contributed by atoms with E-state index >= 15 is 0 Å². The Bertz CT molecular complexity index is 891. The van der Waals surface area contributed by atoms with Gasteiger partial charge in [-0.15, -0.1) is 0 Å². The number of ether oxygens (including phenoxy) is 2. The maximum absolute atomic E-state index is 11.8. The number of aromatic carboxylic acids is 1. The van der Waals surface area contributed by atoms with Gasteiger partial charge in [0, 0.05) is 13.1 Å². The lowest BCUT2D eigenvalue weighted by Gasteiger charge is -2.13. The summed E-state index contributed by atoms with van der Waals surface area (Å²) in [5.41, 5.74) is 0.721. The Morgan fingerprint density at radius 1 is 1.14 bits per heavy atom. The molecular weight excluding hydrogens is 374 g/mol. The van der Waals surface area contributed by atoms with Gasteiger partial charge in [-0.3, -0.25) is 9.63 Å². The lowest BCUT2D eigenvalue weighted by molar-refractivity contribution is -0.162. The maximum atomic E-state index is 11.8. The molecule has 0 unspecified atom stereocenters. The lowest BCUT2D eigenvalue weighted by Crippen LogP contribution is -2.22. The monoisotopic (exact) mass is 399 g/mol. The summed E-state index contributed by atoms with van der Waals surface area (Å²) >= 11 is 0. The average molecular weight is 399 g/mol. The highest BCUT2D eigenvalue weighted by Gasteiger charge is 2.14. The number of amides is 1. The van der Waals surface area contributed by atoms with Crippen molar-refractivity contribution < 1.29 is 29.0 Å². The number of hydroxylamine groups is 2. The molecule has 0 aromatic heterocycles. The van der Waals surface area contributed by atoms with Crippen LogP contribution in [0.25, 0.3) is 6.08 Å². The molecule has 0 fully saturated rings. The van der Waals surface area contributed by atoms with Crippen LogP contribution in [-0.2, 0) is 9.63 Å². The summed E-state index contributed by atoms with van der Waals surface area (Å²) in [6.07, 6.45) is 2.98. The van der Waals surface area contributed by atoms with Crippen LogP contribution in [0.3, 0.4) is 0 Å². The summed E-state index contributed by atoms with van der Waals surface area (Å²) in [5, 5.41) is 10.6. The third kappa shape index (κ3) is 6.65. The van der Waals surface area contributed by atoms with Crippen molar-refractivity contribution in [3.63, 3.8) is 0 Å². The van der Waals surface area contributed by atoms with Crippen molar-refractivity contribution in [2.45, 2.75) is 13.8 Å². The molecule has 1 amide bonds. The summed E-state index contributed by atoms with van der Waals surface area (Å²) in [7, 11) is 2.91. The molecule has 0 spiro atoms. The number of carbonyl (C=O) groups excluding carboxylic acids is 1. The third-order valence-corrected chi connectivity index (χ3v) is 3.85. The van der Waals surface area contributed by atoms with Gasteiger partial charge in [-0.05, 0) is 47.9 Å². The molecule has 1 N–H and O–H groups in total. The van der Waals surface area contributed by atoms with E-state index in [2.05, 4.69) is 0 Å². The first-order valence-electron chi connectivity index (χ1n) is 9.08. The van der Waals surface area contributed by atoms with Crippen molar-refractivity contribution in [1.82, 2.24) is 5.06 Å². The van der Waals surface area contributed by atoms with E-state index < -0.39 is 5.97 Å². The van der Waals surface area contributed by atoms with Gasteiger partial charge in [-0.2, -0.15) is 0 Å². The minimum Gasteiger partial charge on any atom is -0.493 e.